The maximum Gasteiger partial charge on any atom is 0.222 e. The van der Waals surface area contributed by atoms with E-state index >= 15 is 0 Å². The van der Waals surface area contributed by atoms with Crippen LogP contribution in [-0.4, -0.2) is 23.9 Å². The van der Waals surface area contributed by atoms with Crippen molar-refractivity contribution in [3.8, 4) is 0 Å². The van der Waals surface area contributed by atoms with Crippen molar-refractivity contribution < 1.29 is 4.79 Å². The summed E-state index contributed by atoms with van der Waals surface area (Å²) in [6.07, 6.45) is 7.35. The lowest BCUT2D eigenvalue weighted by Crippen LogP contribution is -2.30. The third-order valence-electron chi connectivity index (χ3n) is 3.36. The van der Waals surface area contributed by atoms with E-state index in [4.69, 9.17) is 0 Å². The van der Waals surface area contributed by atoms with Gasteiger partial charge in [-0.25, -0.2) is 0 Å². The monoisotopic (exact) mass is 197 g/mol. The van der Waals surface area contributed by atoms with Gasteiger partial charge in [0.05, 0.1) is 0 Å². The van der Waals surface area contributed by atoms with Crippen LogP contribution in [0.15, 0.2) is 0 Å². The molecule has 0 spiro atoms. The van der Waals surface area contributed by atoms with E-state index in [1.54, 1.807) is 0 Å². The van der Waals surface area contributed by atoms with E-state index in [0.717, 1.165) is 31.8 Å². The fourth-order valence-electron chi connectivity index (χ4n) is 2.36. The molecule has 14 heavy (non-hydrogen) atoms. The van der Waals surface area contributed by atoms with E-state index in [0.29, 0.717) is 5.91 Å². The molecule has 1 aliphatic rings. The third kappa shape index (κ3) is 3.32. The number of carbonyl (C=O) groups excluding carboxylic acids is 1. The molecule has 1 saturated carbocycles. The summed E-state index contributed by atoms with van der Waals surface area (Å²) < 4.78 is 0. The Morgan fingerprint density at radius 1 is 1.21 bits per heavy atom. The summed E-state index contributed by atoms with van der Waals surface area (Å²) in [7, 11) is 0. The molecule has 0 radical (unpaired) electrons. The summed E-state index contributed by atoms with van der Waals surface area (Å²) in [6, 6.07) is 0. The van der Waals surface area contributed by atoms with Crippen LogP contribution in [0.5, 0.6) is 0 Å². The Morgan fingerprint density at radius 3 is 2.29 bits per heavy atom. The van der Waals surface area contributed by atoms with Crippen molar-refractivity contribution in [2.75, 3.05) is 13.1 Å². The van der Waals surface area contributed by atoms with Gasteiger partial charge in [-0.1, -0.05) is 25.7 Å². The van der Waals surface area contributed by atoms with Gasteiger partial charge in [0.25, 0.3) is 0 Å². The fourth-order valence-corrected chi connectivity index (χ4v) is 2.36. The van der Waals surface area contributed by atoms with Gasteiger partial charge in [0.2, 0.25) is 5.91 Å². The highest BCUT2D eigenvalue weighted by Crippen LogP contribution is 2.28. The predicted octanol–water partition coefficient (Wildman–Crippen LogP) is 2.83. The molecule has 0 N–H and O–H groups in total. The zero-order valence-electron chi connectivity index (χ0n) is 9.59. The zero-order valence-corrected chi connectivity index (χ0v) is 9.59. The minimum Gasteiger partial charge on any atom is -0.343 e. The zero-order chi connectivity index (χ0) is 10.4. The van der Waals surface area contributed by atoms with Crippen molar-refractivity contribution in [2.45, 2.75) is 52.4 Å². The Bertz CT molecular complexity index is 169. The molecule has 1 fully saturated rings. The number of carbonyl (C=O) groups is 1. The van der Waals surface area contributed by atoms with Gasteiger partial charge in [-0.15, -0.1) is 0 Å². The third-order valence-corrected chi connectivity index (χ3v) is 3.36. The number of rotatable bonds is 5. The first kappa shape index (κ1) is 11.5. The normalized spacial score (nSPS) is 17.3. The standard InChI is InChI=1S/C12H23NO/c1-3-13(4-2)12(14)10-9-11-7-5-6-8-11/h11H,3-10H2,1-2H3. The lowest BCUT2D eigenvalue weighted by molar-refractivity contribution is -0.131. The van der Waals surface area contributed by atoms with Crippen LogP contribution in [0.2, 0.25) is 0 Å². The van der Waals surface area contributed by atoms with Crippen LogP contribution in [0.1, 0.15) is 52.4 Å². The van der Waals surface area contributed by atoms with Gasteiger partial charge in [-0.2, -0.15) is 0 Å². The Labute approximate surface area is 87.7 Å². The molecule has 2 heteroatoms. The summed E-state index contributed by atoms with van der Waals surface area (Å²) in [5.74, 6) is 1.19. The quantitative estimate of drug-likeness (QED) is 0.663. The van der Waals surface area contributed by atoms with E-state index in [9.17, 15) is 4.79 Å². The Balaban J connectivity index is 2.18. The van der Waals surface area contributed by atoms with Crippen molar-refractivity contribution in [2.24, 2.45) is 5.92 Å². The minimum atomic E-state index is 0.349. The van der Waals surface area contributed by atoms with Gasteiger partial charge < -0.3 is 4.90 Å². The minimum absolute atomic E-state index is 0.349. The average molecular weight is 197 g/mol. The van der Waals surface area contributed by atoms with Crippen LogP contribution in [0.3, 0.4) is 0 Å². The van der Waals surface area contributed by atoms with Crippen molar-refractivity contribution in [3.05, 3.63) is 0 Å². The lowest BCUT2D eigenvalue weighted by Gasteiger charge is -2.19. The first-order valence-corrected chi connectivity index (χ1v) is 6.05. The summed E-state index contributed by atoms with van der Waals surface area (Å²) in [4.78, 5) is 13.6. The van der Waals surface area contributed by atoms with Crippen LogP contribution in [0.4, 0.5) is 0 Å². The average Bonchev–Trinajstić information content (AvgIpc) is 2.69. The predicted molar refractivity (Wildman–Crippen MR) is 59.1 cm³/mol. The molecule has 0 aromatic rings. The van der Waals surface area contributed by atoms with Crippen molar-refractivity contribution in [1.82, 2.24) is 4.90 Å². The molecule has 0 atom stereocenters. The van der Waals surface area contributed by atoms with Crippen LogP contribution in [0, 0.1) is 5.92 Å². The van der Waals surface area contributed by atoms with Gasteiger partial charge in [0.15, 0.2) is 0 Å². The molecular formula is C12H23NO. The highest BCUT2D eigenvalue weighted by atomic mass is 16.2. The second kappa shape index (κ2) is 6.05. The van der Waals surface area contributed by atoms with Crippen LogP contribution in [0.25, 0.3) is 0 Å². The molecule has 1 amide bonds. The number of nitrogens with zero attached hydrogens (tertiary/aromatic N) is 1. The van der Waals surface area contributed by atoms with E-state index in [-0.39, 0.29) is 0 Å². The second-order valence-corrected chi connectivity index (χ2v) is 4.26. The number of hydrogen-bond acceptors (Lipinski definition) is 1. The summed E-state index contributed by atoms with van der Waals surface area (Å²) in [5, 5.41) is 0. The molecule has 0 bridgehead atoms. The van der Waals surface area contributed by atoms with Crippen LogP contribution in [-0.2, 0) is 4.79 Å². The van der Waals surface area contributed by atoms with E-state index in [2.05, 4.69) is 13.8 Å². The molecule has 0 aromatic heterocycles. The molecule has 0 aliphatic heterocycles. The maximum absolute atomic E-state index is 11.7. The van der Waals surface area contributed by atoms with Gasteiger partial charge in [0.1, 0.15) is 0 Å². The Morgan fingerprint density at radius 2 is 1.79 bits per heavy atom. The number of hydrogen-bond donors (Lipinski definition) is 0. The summed E-state index contributed by atoms with van der Waals surface area (Å²) in [5.41, 5.74) is 0. The molecule has 0 heterocycles. The lowest BCUT2D eigenvalue weighted by atomic mass is 10.0. The summed E-state index contributed by atoms with van der Waals surface area (Å²) >= 11 is 0. The van der Waals surface area contributed by atoms with Crippen LogP contribution < -0.4 is 0 Å². The molecule has 0 saturated heterocycles. The van der Waals surface area contributed by atoms with Crippen molar-refractivity contribution >= 4 is 5.91 Å². The highest BCUT2D eigenvalue weighted by molar-refractivity contribution is 5.76. The molecular weight excluding hydrogens is 174 g/mol. The molecule has 0 aromatic carbocycles. The van der Waals surface area contributed by atoms with Gasteiger partial charge in [-0.05, 0) is 26.2 Å². The number of amides is 1. The largest absolute Gasteiger partial charge is 0.343 e. The second-order valence-electron chi connectivity index (χ2n) is 4.26. The fraction of sp³-hybridized carbons (Fsp3) is 0.917. The molecule has 2 nitrogen and oxygen atoms in total. The van der Waals surface area contributed by atoms with E-state index in [1.165, 1.54) is 25.7 Å². The molecule has 1 aliphatic carbocycles. The van der Waals surface area contributed by atoms with Gasteiger partial charge >= 0.3 is 0 Å². The topological polar surface area (TPSA) is 20.3 Å². The van der Waals surface area contributed by atoms with Crippen molar-refractivity contribution in [1.29, 1.82) is 0 Å². The first-order chi connectivity index (χ1) is 6.77. The van der Waals surface area contributed by atoms with Gasteiger partial charge in [-0.3, -0.25) is 4.79 Å². The Kier molecular flexibility index (Phi) is 4.99. The summed E-state index contributed by atoms with van der Waals surface area (Å²) in [6.45, 7) is 5.83. The van der Waals surface area contributed by atoms with Crippen molar-refractivity contribution in [3.63, 3.8) is 0 Å². The molecule has 82 valence electrons. The van der Waals surface area contributed by atoms with E-state index in [1.807, 2.05) is 4.90 Å². The molecule has 1 rings (SSSR count). The highest BCUT2D eigenvalue weighted by Gasteiger charge is 2.17. The maximum atomic E-state index is 11.7. The van der Waals surface area contributed by atoms with Crippen LogP contribution >= 0.6 is 0 Å². The smallest absolute Gasteiger partial charge is 0.222 e. The van der Waals surface area contributed by atoms with Gasteiger partial charge in [0, 0.05) is 19.5 Å². The Hall–Kier alpha value is -0.530. The molecule has 0 unspecified atom stereocenters. The first-order valence-electron chi connectivity index (χ1n) is 6.05. The SMILES string of the molecule is CCN(CC)C(=O)CCC1CCCC1. The van der Waals surface area contributed by atoms with E-state index < -0.39 is 0 Å².